The van der Waals surface area contributed by atoms with Crippen molar-refractivity contribution in [1.82, 2.24) is 16.0 Å². The summed E-state index contributed by atoms with van der Waals surface area (Å²) in [5, 5.41) is 16.7. The molecule has 0 bridgehead atoms. The maximum atomic E-state index is 11.5. The lowest BCUT2D eigenvalue weighted by Crippen LogP contribution is -2.41. The summed E-state index contributed by atoms with van der Waals surface area (Å²) in [6.45, 7) is 2.18. The second kappa shape index (κ2) is 8.39. The van der Waals surface area contributed by atoms with E-state index in [1.807, 2.05) is 0 Å². The highest BCUT2D eigenvalue weighted by Gasteiger charge is 2.22. The van der Waals surface area contributed by atoms with Crippen LogP contribution in [0.3, 0.4) is 0 Å². The number of urea groups is 1. The third-order valence-corrected chi connectivity index (χ3v) is 2.98. The molecule has 7 nitrogen and oxygen atoms in total. The summed E-state index contributed by atoms with van der Waals surface area (Å²) in [6, 6.07) is -0.149. The highest BCUT2D eigenvalue weighted by molar-refractivity contribution is 5.77. The number of hydrogen-bond acceptors (Lipinski definition) is 3. The van der Waals surface area contributed by atoms with Gasteiger partial charge in [0.2, 0.25) is 5.91 Å². The van der Waals surface area contributed by atoms with Gasteiger partial charge in [-0.05, 0) is 32.6 Å². The van der Waals surface area contributed by atoms with Gasteiger partial charge in [-0.15, -0.1) is 0 Å². The Bertz CT molecular complexity index is 356. The molecule has 1 rings (SSSR count). The molecular formula is C13H23N3O4. The van der Waals surface area contributed by atoms with Crippen molar-refractivity contribution in [3.63, 3.8) is 0 Å². The molecule has 20 heavy (non-hydrogen) atoms. The second-order valence-corrected chi connectivity index (χ2v) is 5.18. The lowest BCUT2D eigenvalue weighted by molar-refractivity contribution is -0.137. The van der Waals surface area contributed by atoms with E-state index in [0.29, 0.717) is 31.8 Å². The van der Waals surface area contributed by atoms with Crippen LogP contribution in [0.5, 0.6) is 0 Å². The maximum Gasteiger partial charge on any atom is 0.314 e. The monoisotopic (exact) mass is 285 g/mol. The van der Waals surface area contributed by atoms with Gasteiger partial charge in [0, 0.05) is 31.5 Å². The summed E-state index contributed by atoms with van der Waals surface area (Å²) in [7, 11) is 0. The second-order valence-electron chi connectivity index (χ2n) is 5.18. The molecule has 0 spiro atoms. The Morgan fingerprint density at radius 1 is 1.25 bits per heavy atom. The standard InChI is InChI=1S/C13H23N3O4/c1-9(4-7-12(18)19)15-13(20)14-8-2-3-11(17)16-10-5-6-10/h9-10H,2-8H2,1H3,(H,16,17)(H,18,19)(H2,14,15,20). The number of carboxylic acid groups (broad SMARTS) is 1. The van der Waals surface area contributed by atoms with E-state index >= 15 is 0 Å². The van der Waals surface area contributed by atoms with Gasteiger partial charge in [-0.25, -0.2) is 4.79 Å². The molecule has 7 heteroatoms. The summed E-state index contributed by atoms with van der Waals surface area (Å²) in [5.41, 5.74) is 0. The van der Waals surface area contributed by atoms with Crippen LogP contribution < -0.4 is 16.0 Å². The molecule has 1 aliphatic rings. The van der Waals surface area contributed by atoms with Gasteiger partial charge >= 0.3 is 12.0 Å². The first kappa shape index (κ1) is 16.3. The Morgan fingerprint density at radius 3 is 2.55 bits per heavy atom. The minimum Gasteiger partial charge on any atom is -0.481 e. The van der Waals surface area contributed by atoms with E-state index in [2.05, 4.69) is 16.0 Å². The molecule has 0 heterocycles. The van der Waals surface area contributed by atoms with Gasteiger partial charge in [0.1, 0.15) is 0 Å². The van der Waals surface area contributed by atoms with E-state index in [1.54, 1.807) is 6.92 Å². The molecule has 114 valence electrons. The van der Waals surface area contributed by atoms with E-state index in [0.717, 1.165) is 12.8 Å². The molecule has 0 aromatic carbocycles. The van der Waals surface area contributed by atoms with Gasteiger partial charge in [0.15, 0.2) is 0 Å². The van der Waals surface area contributed by atoms with Crippen molar-refractivity contribution in [2.75, 3.05) is 6.54 Å². The fraction of sp³-hybridized carbons (Fsp3) is 0.769. The average molecular weight is 285 g/mol. The smallest absolute Gasteiger partial charge is 0.314 e. The molecule has 1 aliphatic carbocycles. The predicted octanol–water partition coefficient (Wildman–Crippen LogP) is 0.598. The summed E-state index contributed by atoms with van der Waals surface area (Å²) in [6.07, 6.45) is 3.57. The predicted molar refractivity (Wildman–Crippen MR) is 73.3 cm³/mol. The van der Waals surface area contributed by atoms with Crippen molar-refractivity contribution >= 4 is 17.9 Å². The molecule has 1 atom stereocenters. The van der Waals surface area contributed by atoms with Crippen LogP contribution in [-0.2, 0) is 9.59 Å². The molecule has 1 saturated carbocycles. The number of carbonyl (C=O) groups is 3. The fourth-order valence-corrected chi connectivity index (χ4v) is 1.67. The largest absolute Gasteiger partial charge is 0.481 e. The van der Waals surface area contributed by atoms with Crippen LogP contribution in [-0.4, -0.2) is 41.6 Å². The zero-order valence-corrected chi connectivity index (χ0v) is 11.8. The van der Waals surface area contributed by atoms with Crippen molar-refractivity contribution < 1.29 is 19.5 Å². The molecule has 3 amide bonds. The Labute approximate surface area is 118 Å². The van der Waals surface area contributed by atoms with Crippen LogP contribution in [0.4, 0.5) is 4.79 Å². The lowest BCUT2D eigenvalue weighted by Gasteiger charge is -2.13. The van der Waals surface area contributed by atoms with Crippen molar-refractivity contribution in [1.29, 1.82) is 0 Å². The van der Waals surface area contributed by atoms with E-state index in [1.165, 1.54) is 0 Å². The van der Waals surface area contributed by atoms with Gasteiger partial charge in [-0.2, -0.15) is 0 Å². The third kappa shape index (κ3) is 8.34. The minimum atomic E-state index is -0.874. The van der Waals surface area contributed by atoms with E-state index in [4.69, 9.17) is 5.11 Å². The van der Waals surface area contributed by atoms with Gasteiger partial charge in [0.25, 0.3) is 0 Å². The average Bonchev–Trinajstić information content (AvgIpc) is 3.16. The fourth-order valence-electron chi connectivity index (χ4n) is 1.67. The number of nitrogens with one attached hydrogen (secondary N) is 3. The van der Waals surface area contributed by atoms with E-state index < -0.39 is 5.97 Å². The first-order valence-corrected chi connectivity index (χ1v) is 7.03. The Hall–Kier alpha value is -1.79. The molecule has 0 radical (unpaired) electrons. The number of hydrogen-bond donors (Lipinski definition) is 4. The first-order valence-electron chi connectivity index (χ1n) is 7.03. The number of rotatable bonds is 9. The molecule has 0 aromatic rings. The normalized spacial score (nSPS) is 15.2. The summed E-state index contributed by atoms with van der Waals surface area (Å²) in [4.78, 5) is 33.2. The lowest BCUT2D eigenvalue weighted by atomic mass is 10.2. The SMILES string of the molecule is CC(CCC(=O)O)NC(=O)NCCCC(=O)NC1CC1. The quantitative estimate of drug-likeness (QED) is 0.465. The molecule has 0 saturated heterocycles. The van der Waals surface area contributed by atoms with Crippen LogP contribution in [0.1, 0.15) is 45.4 Å². The van der Waals surface area contributed by atoms with Gasteiger partial charge < -0.3 is 21.1 Å². The van der Waals surface area contributed by atoms with Gasteiger partial charge in [-0.1, -0.05) is 0 Å². The maximum absolute atomic E-state index is 11.5. The number of amides is 3. The van der Waals surface area contributed by atoms with Crippen molar-refractivity contribution in [2.45, 2.75) is 57.5 Å². The Balaban J connectivity index is 1.98. The summed E-state index contributed by atoms with van der Waals surface area (Å²) >= 11 is 0. The molecule has 1 fully saturated rings. The highest BCUT2D eigenvalue weighted by Crippen LogP contribution is 2.18. The molecule has 0 aromatic heterocycles. The molecular weight excluding hydrogens is 262 g/mol. The van der Waals surface area contributed by atoms with Crippen molar-refractivity contribution in [3.8, 4) is 0 Å². The van der Waals surface area contributed by atoms with Crippen molar-refractivity contribution in [2.24, 2.45) is 0 Å². The zero-order valence-electron chi connectivity index (χ0n) is 11.8. The molecule has 1 unspecified atom stereocenters. The van der Waals surface area contributed by atoms with Gasteiger partial charge in [0.05, 0.1) is 0 Å². The van der Waals surface area contributed by atoms with E-state index in [9.17, 15) is 14.4 Å². The Kier molecular flexibility index (Phi) is 6.83. The first-order chi connectivity index (χ1) is 9.47. The number of carbonyl (C=O) groups excluding carboxylic acids is 2. The number of aliphatic carboxylic acids is 1. The highest BCUT2D eigenvalue weighted by atomic mass is 16.4. The van der Waals surface area contributed by atoms with Gasteiger partial charge in [-0.3, -0.25) is 9.59 Å². The van der Waals surface area contributed by atoms with Crippen LogP contribution in [0, 0.1) is 0 Å². The third-order valence-electron chi connectivity index (χ3n) is 2.98. The Morgan fingerprint density at radius 2 is 1.95 bits per heavy atom. The van der Waals surface area contributed by atoms with Crippen LogP contribution in [0.15, 0.2) is 0 Å². The minimum absolute atomic E-state index is 0.0305. The summed E-state index contributed by atoms with van der Waals surface area (Å²) in [5.74, 6) is -0.842. The van der Waals surface area contributed by atoms with Crippen LogP contribution in [0.2, 0.25) is 0 Å². The molecule has 4 N–H and O–H groups in total. The topological polar surface area (TPSA) is 108 Å². The van der Waals surface area contributed by atoms with Crippen LogP contribution >= 0.6 is 0 Å². The summed E-state index contributed by atoms with van der Waals surface area (Å²) < 4.78 is 0. The van der Waals surface area contributed by atoms with Crippen molar-refractivity contribution in [3.05, 3.63) is 0 Å². The number of carboxylic acids is 1. The zero-order chi connectivity index (χ0) is 15.0. The van der Waals surface area contributed by atoms with E-state index in [-0.39, 0.29) is 24.4 Å². The molecule has 0 aliphatic heterocycles. The van der Waals surface area contributed by atoms with Crippen LogP contribution in [0.25, 0.3) is 0 Å².